The first-order valence-electron chi connectivity index (χ1n) is 11.0. The van der Waals surface area contributed by atoms with Gasteiger partial charge in [0.05, 0.1) is 22.2 Å². The predicted octanol–water partition coefficient (Wildman–Crippen LogP) is 3.86. The highest BCUT2D eigenvalue weighted by Gasteiger charge is 2.22. The minimum absolute atomic E-state index is 0.144. The number of aryl methyl sites for hydroxylation is 1. The number of oxazole rings is 1. The number of hydrogen-bond donors (Lipinski definition) is 1. The van der Waals surface area contributed by atoms with Crippen molar-refractivity contribution in [1.82, 2.24) is 14.5 Å². The summed E-state index contributed by atoms with van der Waals surface area (Å²) in [5.41, 5.74) is 1.44. The van der Waals surface area contributed by atoms with Crippen molar-refractivity contribution in [2.75, 3.05) is 18.4 Å². The van der Waals surface area contributed by atoms with Gasteiger partial charge in [-0.25, -0.2) is 9.78 Å². The van der Waals surface area contributed by atoms with E-state index in [4.69, 9.17) is 4.42 Å². The number of amides is 1. The number of nitrogens with zero attached hydrogens (tertiary/aromatic N) is 4. The van der Waals surface area contributed by atoms with E-state index < -0.39 is 10.7 Å². The zero-order valence-corrected chi connectivity index (χ0v) is 19.5. The molecular formula is C22H27N5O5S. The molecule has 1 fully saturated rings. The lowest BCUT2D eigenvalue weighted by atomic mass is 9.92. The van der Waals surface area contributed by atoms with Crippen molar-refractivity contribution in [2.24, 2.45) is 11.8 Å². The van der Waals surface area contributed by atoms with Gasteiger partial charge in [0.2, 0.25) is 5.91 Å². The number of thiazole rings is 1. The topological polar surface area (TPSA) is 124 Å². The number of hydrogen-bond acceptors (Lipinski definition) is 8. The van der Waals surface area contributed by atoms with Crippen molar-refractivity contribution < 1.29 is 14.1 Å². The molecule has 0 spiro atoms. The molecule has 33 heavy (non-hydrogen) atoms. The number of anilines is 1. The number of likely N-dealkylation sites (tertiary alicyclic amines) is 1. The van der Waals surface area contributed by atoms with Crippen LogP contribution in [0.2, 0.25) is 0 Å². The Bertz CT molecular complexity index is 1210. The summed E-state index contributed by atoms with van der Waals surface area (Å²) in [5.74, 6) is 0.590. The smallest absolute Gasteiger partial charge is 0.407 e. The Morgan fingerprint density at radius 2 is 2.09 bits per heavy atom. The van der Waals surface area contributed by atoms with Crippen LogP contribution in [0.5, 0.6) is 0 Å². The minimum atomic E-state index is -0.600. The number of benzene rings is 1. The molecule has 10 nitrogen and oxygen atoms in total. The molecule has 1 aromatic carbocycles. The Hall–Kier alpha value is -3.05. The van der Waals surface area contributed by atoms with Gasteiger partial charge in [-0.2, -0.15) is 0 Å². The Morgan fingerprint density at radius 3 is 2.82 bits per heavy atom. The second-order valence-electron chi connectivity index (χ2n) is 8.86. The Kier molecular flexibility index (Phi) is 6.89. The lowest BCUT2D eigenvalue weighted by Gasteiger charge is -2.34. The SMILES string of the molecule is C[C@H]1C[C@H](C)CN(Cc2csc(NC(=O)CCCn3c(=O)oc4cc([N+](=O)[O-])ccc43)n2)C1. The molecule has 4 rings (SSSR count). The molecule has 1 saturated heterocycles. The molecular weight excluding hydrogens is 446 g/mol. The Labute approximate surface area is 194 Å². The molecule has 2 atom stereocenters. The van der Waals surface area contributed by atoms with Crippen molar-refractivity contribution in [1.29, 1.82) is 0 Å². The van der Waals surface area contributed by atoms with E-state index in [0.29, 0.717) is 28.9 Å². The van der Waals surface area contributed by atoms with Crippen LogP contribution >= 0.6 is 11.3 Å². The van der Waals surface area contributed by atoms with Crippen molar-refractivity contribution in [2.45, 2.75) is 46.2 Å². The summed E-state index contributed by atoms with van der Waals surface area (Å²) in [6.07, 6.45) is 1.89. The van der Waals surface area contributed by atoms with Gasteiger partial charge in [0.15, 0.2) is 10.7 Å². The molecule has 3 heterocycles. The van der Waals surface area contributed by atoms with Gasteiger partial charge in [0.1, 0.15) is 0 Å². The predicted molar refractivity (Wildman–Crippen MR) is 125 cm³/mol. The number of fused-ring (bicyclic) bond motifs is 1. The number of nitro benzene ring substituents is 1. The molecule has 0 bridgehead atoms. The largest absolute Gasteiger partial charge is 0.419 e. The van der Waals surface area contributed by atoms with Gasteiger partial charge in [0, 0.05) is 44.0 Å². The molecule has 0 radical (unpaired) electrons. The van der Waals surface area contributed by atoms with E-state index in [9.17, 15) is 19.7 Å². The molecule has 3 aromatic rings. The number of piperidine rings is 1. The second-order valence-corrected chi connectivity index (χ2v) is 9.72. The first kappa shape index (κ1) is 23.1. The van der Waals surface area contributed by atoms with Crippen LogP contribution in [-0.2, 0) is 17.9 Å². The van der Waals surface area contributed by atoms with Crippen molar-refractivity contribution in [3.8, 4) is 0 Å². The normalized spacial score (nSPS) is 19.1. The van der Waals surface area contributed by atoms with Gasteiger partial charge in [-0.1, -0.05) is 13.8 Å². The lowest BCUT2D eigenvalue weighted by molar-refractivity contribution is -0.384. The molecule has 0 aliphatic carbocycles. The van der Waals surface area contributed by atoms with E-state index in [1.807, 2.05) is 5.38 Å². The third-order valence-electron chi connectivity index (χ3n) is 5.78. The number of aromatic nitrogens is 2. The van der Waals surface area contributed by atoms with E-state index in [-0.39, 0.29) is 30.1 Å². The number of carbonyl (C=O) groups is 1. The van der Waals surface area contributed by atoms with E-state index in [0.717, 1.165) is 25.3 Å². The summed E-state index contributed by atoms with van der Waals surface area (Å²) in [6.45, 7) is 7.75. The summed E-state index contributed by atoms with van der Waals surface area (Å²) in [7, 11) is 0. The summed E-state index contributed by atoms with van der Waals surface area (Å²) in [5, 5.41) is 16.3. The van der Waals surface area contributed by atoms with Crippen molar-refractivity contribution in [3.63, 3.8) is 0 Å². The molecule has 176 valence electrons. The molecule has 1 aliphatic heterocycles. The number of carbonyl (C=O) groups excluding carboxylic acids is 1. The van der Waals surface area contributed by atoms with Crippen LogP contribution in [-0.4, -0.2) is 38.4 Å². The summed E-state index contributed by atoms with van der Waals surface area (Å²) in [4.78, 5) is 41.8. The maximum absolute atomic E-state index is 12.4. The van der Waals surface area contributed by atoms with Crippen molar-refractivity contribution >= 4 is 39.2 Å². The fraction of sp³-hybridized carbons (Fsp3) is 0.500. The number of nitro groups is 1. The molecule has 0 unspecified atom stereocenters. The zero-order chi connectivity index (χ0) is 23.5. The highest BCUT2D eigenvalue weighted by Crippen LogP contribution is 2.24. The van der Waals surface area contributed by atoms with Gasteiger partial charge in [-0.3, -0.25) is 24.4 Å². The fourth-order valence-electron chi connectivity index (χ4n) is 4.55. The third-order valence-corrected chi connectivity index (χ3v) is 6.58. The highest BCUT2D eigenvalue weighted by atomic mass is 32.1. The molecule has 1 aliphatic rings. The average Bonchev–Trinajstić information content (AvgIpc) is 3.30. The van der Waals surface area contributed by atoms with Crippen LogP contribution in [0.25, 0.3) is 11.1 Å². The van der Waals surface area contributed by atoms with Crippen LogP contribution in [0.4, 0.5) is 10.8 Å². The van der Waals surface area contributed by atoms with E-state index in [2.05, 4.69) is 29.0 Å². The molecule has 1 N–H and O–H groups in total. The van der Waals surface area contributed by atoms with Crippen LogP contribution in [0, 0.1) is 22.0 Å². The molecule has 2 aromatic heterocycles. The maximum Gasteiger partial charge on any atom is 0.419 e. The highest BCUT2D eigenvalue weighted by molar-refractivity contribution is 7.13. The van der Waals surface area contributed by atoms with Crippen LogP contribution in [0.1, 0.15) is 38.8 Å². The summed E-state index contributed by atoms with van der Waals surface area (Å²) >= 11 is 1.41. The van der Waals surface area contributed by atoms with Crippen LogP contribution < -0.4 is 11.1 Å². The Balaban J connectivity index is 1.28. The quantitative estimate of drug-likeness (QED) is 0.389. The van der Waals surface area contributed by atoms with Crippen molar-refractivity contribution in [3.05, 3.63) is 49.9 Å². The van der Waals surface area contributed by atoms with Gasteiger partial charge in [0.25, 0.3) is 5.69 Å². The molecule has 0 saturated carbocycles. The average molecular weight is 474 g/mol. The number of rotatable bonds is 8. The first-order valence-corrected chi connectivity index (χ1v) is 11.9. The first-order chi connectivity index (χ1) is 15.8. The fourth-order valence-corrected chi connectivity index (χ4v) is 5.26. The number of nitrogens with one attached hydrogen (secondary N) is 1. The van der Waals surface area contributed by atoms with Crippen LogP contribution in [0.3, 0.4) is 0 Å². The van der Waals surface area contributed by atoms with Gasteiger partial charge in [-0.05, 0) is 30.7 Å². The van der Waals surface area contributed by atoms with Gasteiger partial charge >= 0.3 is 5.76 Å². The van der Waals surface area contributed by atoms with E-state index in [1.54, 1.807) is 0 Å². The van der Waals surface area contributed by atoms with Gasteiger partial charge < -0.3 is 9.73 Å². The second kappa shape index (κ2) is 9.84. The molecule has 11 heteroatoms. The lowest BCUT2D eigenvalue weighted by Crippen LogP contribution is -2.38. The Morgan fingerprint density at radius 1 is 1.33 bits per heavy atom. The maximum atomic E-state index is 12.4. The zero-order valence-electron chi connectivity index (χ0n) is 18.7. The minimum Gasteiger partial charge on any atom is -0.407 e. The van der Waals surface area contributed by atoms with Gasteiger partial charge in [-0.15, -0.1) is 11.3 Å². The van der Waals surface area contributed by atoms with Crippen LogP contribution in [0.15, 0.2) is 32.8 Å². The standard InChI is InChI=1S/C22H27N5O5S/c1-14-8-15(2)11-25(10-14)12-16-13-33-21(23-16)24-20(28)4-3-7-26-18-6-5-17(27(30)31)9-19(18)32-22(26)29/h5-6,9,13-15H,3-4,7-8,10-12H2,1-2H3,(H,23,24,28)/t14-,15-/m0/s1. The van der Waals surface area contributed by atoms with E-state index >= 15 is 0 Å². The number of non-ortho nitro benzene ring substituents is 1. The monoisotopic (exact) mass is 473 g/mol. The summed E-state index contributed by atoms with van der Waals surface area (Å²) < 4.78 is 6.49. The van der Waals surface area contributed by atoms with E-state index in [1.165, 1.54) is 40.5 Å². The molecule has 1 amide bonds. The third kappa shape index (κ3) is 5.66. The summed E-state index contributed by atoms with van der Waals surface area (Å²) in [6, 6.07) is 4.04.